The zero-order valence-corrected chi connectivity index (χ0v) is 10.3. The maximum absolute atomic E-state index is 10.8. The second-order valence-electron chi connectivity index (χ2n) is 4.10. The number of hydrogen-bond donors (Lipinski definition) is 2. The second-order valence-corrected chi connectivity index (χ2v) is 4.10. The number of hydrogen-bond acceptors (Lipinski definition) is 2. The van der Waals surface area contributed by atoms with E-state index in [2.05, 4.69) is 5.32 Å². The number of rotatable bonds is 5. The standard InChI is InChI=1S/C14H19NO2/c1-11(15-12(2)16)14(17)10-6-9-13-7-4-3-5-8-13/h3-8,10-11,14,17H,9H2,1-2H3,(H,15,16)/b10-6+/t11-,14+/m0/s1. The van der Waals surface area contributed by atoms with Gasteiger partial charge in [-0.25, -0.2) is 0 Å². The number of amides is 1. The lowest BCUT2D eigenvalue weighted by molar-refractivity contribution is -0.120. The third-order valence-electron chi connectivity index (χ3n) is 2.47. The van der Waals surface area contributed by atoms with Gasteiger partial charge in [0.1, 0.15) is 0 Å². The van der Waals surface area contributed by atoms with Gasteiger partial charge in [0.2, 0.25) is 5.91 Å². The summed E-state index contributed by atoms with van der Waals surface area (Å²) in [6, 6.07) is 9.75. The summed E-state index contributed by atoms with van der Waals surface area (Å²) in [6.45, 7) is 3.22. The van der Waals surface area contributed by atoms with Gasteiger partial charge in [-0.15, -0.1) is 0 Å². The number of nitrogens with one attached hydrogen (secondary N) is 1. The molecule has 0 aliphatic heterocycles. The van der Waals surface area contributed by atoms with Crippen molar-refractivity contribution < 1.29 is 9.90 Å². The van der Waals surface area contributed by atoms with Crippen LogP contribution in [0.2, 0.25) is 0 Å². The molecule has 1 amide bonds. The maximum atomic E-state index is 10.8. The molecule has 2 N–H and O–H groups in total. The van der Waals surface area contributed by atoms with E-state index in [4.69, 9.17) is 0 Å². The second kappa shape index (κ2) is 6.86. The van der Waals surface area contributed by atoms with Crippen LogP contribution in [0, 0.1) is 0 Å². The first-order chi connectivity index (χ1) is 8.09. The van der Waals surface area contributed by atoms with Crippen LogP contribution in [-0.2, 0) is 11.2 Å². The lowest BCUT2D eigenvalue weighted by Gasteiger charge is -2.16. The van der Waals surface area contributed by atoms with E-state index in [1.165, 1.54) is 12.5 Å². The minimum absolute atomic E-state index is 0.131. The Bertz CT molecular complexity index is 373. The van der Waals surface area contributed by atoms with Crippen molar-refractivity contribution in [2.45, 2.75) is 32.4 Å². The van der Waals surface area contributed by atoms with Crippen molar-refractivity contribution in [1.82, 2.24) is 5.32 Å². The van der Waals surface area contributed by atoms with E-state index in [9.17, 15) is 9.90 Å². The summed E-state index contributed by atoms with van der Waals surface area (Å²) < 4.78 is 0. The predicted molar refractivity (Wildman–Crippen MR) is 68.6 cm³/mol. The van der Waals surface area contributed by atoms with E-state index in [0.717, 1.165) is 6.42 Å². The molecular weight excluding hydrogens is 214 g/mol. The number of carbonyl (C=O) groups excluding carboxylic acids is 1. The van der Waals surface area contributed by atoms with E-state index in [1.54, 1.807) is 13.0 Å². The van der Waals surface area contributed by atoms with Crippen LogP contribution in [0.4, 0.5) is 0 Å². The largest absolute Gasteiger partial charge is 0.387 e. The van der Waals surface area contributed by atoms with Crippen LogP contribution in [0.5, 0.6) is 0 Å². The third-order valence-corrected chi connectivity index (χ3v) is 2.47. The summed E-state index contributed by atoms with van der Waals surface area (Å²) in [5, 5.41) is 12.4. The van der Waals surface area contributed by atoms with E-state index >= 15 is 0 Å². The Morgan fingerprint density at radius 3 is 2.65 bits per heavy atom. The highest BCUT2D eigenvalue weighted by atomic mass is 16.3. The van der Waals surface area contributed by atoms with Gasteiger partial charge < -0.3 is 10.4 Å². The fourth-order valence-corrected chi connectivity index (χ4v) is 1.53. The minimum atomic E-state index is -0.650. The molecule has 1 rings (SSSR count). The van der Waals surface area contributed by atoms with Crippen LogP contribution in [0.3, 0.4) is 0 Å². The van der Waals surface area contributed by atoms with Gasteiger partial charge in [0.05, 0.1) is 12.1 Å². The molecule has 0 saturated carbocycles. The Morgan fingerprint density at radius 1 is 1.41 bits per heavy atom. The van der Waals surface area contributed by atoms with Crippen molar-refractivity contribution in [1.29, 1.82) is 0 Å². The molecule has 0 aliphatic carbocycles. The van der Waals surface area contributed by atoms with Crippen molar-refractivity contribution in [2.24, 2.45) is 0 Å². The van der Waals surface area contributed by atoms with Crippen LogP contribution < -0.4 is 5.32 Å². The van der Waals surface area contributed by atoms with Crippen LogP contribution in [0.25, 0.3) is 0 Å². The predicted octanol–water partition coefficient (Wildman–Crippen LogP) is 1.67. The van der Waals surface area contributed by atoms with E-state index in [0.29, 0.717) is 0 Å². The molecule has 17 heavy (non-hydrogen) atoms. The molecule has 3 nitrogen and oxygen atoms in total. The molecule has 0 bridgehead atoms. The molecule has 0 unspecified atom stereocenters. The lowest BCUT2D eigenvalue weighted by atomic mass is 10.1. The van der Waals surface area contributed by atoms with Crippen molar-refractivity contribution in [2.75, 3.05) is 0 Å². The quantitative estimate of drug-likeness (QED) is 0.760. The molecule has 1 aromatic carbocycles. The maximum Gasteiger partial charge on any atom is 0.217 e. The van der Waals surface area contributed by atoms with Gasteiger partial charge in [-0.3, -0.25) is 4.79 Å². The van der Waals surface area contributed by atoms with E-state index in [1.807, 2.05) is 36.4 Å². The Morgan fingerprint density at radius 2 is 2.06 bits per heavy atom. The number of allylic oxidation sites excluding steroid dienone is 1. The highest BCUT2D eigenvalue weighted by molar-refractivity contribution is 5.73. The molecule has 3 heteroatoms. The van der Waals surface area contributed by atoms with Crippen molar-refractivity contribution in [3.63, 3.8) is 0 Å². The summed E-state index contributed by atoms with van der Waals surface area (Å²) in [6.07, 6.45) is 3.76. The molecule has 1 aromatic rings. The molecule has 0 aliphatic rings. The number of aliphatic hydroxyl groups is 1. The first kappa shape index (κ1) is 13.5. The van der Waals surface area contributed by atoms with Gasteiger partial charge in [0.25, 0.3) is 0 Å². The zero-order valence-electron chi connectivity index (χ0n) is 10.3. The molecule has 0 saturated heterocycles. The monoisotopic (exact) mass is 233 g/mol. The molecule has 2 atom stereocenters. The van der Waals surface area contributed by atoms with Crippen LogP contribution in [-0.4, -0.2) is 23.2 Å². The number of carbonyl (C=O) groups is 1. The normalized spacial score (nSPS) is 14.5. The van der Waals surface area contributed by atoms with Gasteiger partial charge in [0.15, 0.2) is 0 Å². The Labute approximate surface area is 102 Å². The molecule has 0 radical (unpaired) electrons. The molecule has 0 aromatic heterocycles. The summed E-state index contributed by atoms with van der Waals surface area (Å²) in [7, 11) is 0. The van der Waals surface area contributed by atoms with Crippen LogP contribution >= 0.6 is 0 Å². The van der Waals surface area contributed by atoms with Gasteiger partial charge in [-0.05, 0) is 18.9 Å². The van der Waals surface area contributed by atoms with Gasteiger partial charge >= 0.3 is 0 Å². The van der Waals surface area contributed by atoms with Crippen molar-refractivity contribution in [3.8, 4) is 0 Å². The lowest BCUT2D eigenvalue weighted by Crippen LogP contribution is -2.38. The molecule has 92 valence electrons. The molecule has 0 fully saturated rings. The van der Waals surface area contributed by atoms with Gasteiger partial charge in [-0.2, -0.15) is 0 Å². The van der Waals surface area contributed by atoms with Gasteiger partial charge in [-0.1, -0.05) is 42.5 Å². The first-order valence-corrected chi connectivity index (χ1v) is 5.75. The first-order valence-electron chi connectivity index (χ1n) is 5.75. The SMILES string of the molecule is CC(=O)N[C@@H](C)[C@H](O)/C=C/Cc1ccccc1. The fourth-order valence-electron chi connectivity index (χ4n) is 1.53. The summed E-state index contributed by atoms with van der Waals surface area (Å²) in [5.74, 6) is -0.131. The fraction of sp³-hybridized carbons (Fsp3) is 0.357. The Balaban J connectivity index is 2.40. The number of benzene rings is 1. The molecule has 0 heterocycles. The summed E-state index contributed by atoms with van der Waals surface area (Å²) >= 11 is 0. The van der Waals surface area contributed by atoms with Crippen LogP contribution in [0.1, 0.15) is 19.4 Å². The smallest absolute Gasteiger partial charge is 0.217 e. The molecular formula is C14H19NO2. The Hall–Kier alpha value is -1.61. The highest BCUT2D eigenvalue weighted by Crippen LogP contribution is 2.02. The van der Waals surface area contributed by atoms with E-state index < -0.39 is 6.10 Å². The Kier molecular flexibility index (Phi) is 5.43. The minimum Gasteiger partial charge on any atom is -0.387 e. The van der Waals surface area contributed by atoms with Crippen LogP contribution in [0.15, 0.2) is 42.5 Å². The van der Waals surface area contributed by atoms with E-state index in [-0.39, 0.29) is 11.9 Å². The van der Waals surface area contributed by atoms with Crippen molar-refractivity contribution >= 4 is 5.91 Å². The average Bonchev–Trinajstić information content (AvgIpc) is 2.29. The van der Waals surface area contributed by atoms with Crippen molar-refractivity contribution in [3.05, 3.63) is 48.0 Å². The van der Waals surface area contributed by atoms with Gasteiger partial charge in [0, 0.05) is 6.92 Å². The average molecular weight is 233 g/mol. The zero-order chi connectivity index (χ0) is 12.7. The topological polar surface area (TPSA) is 49.3 Å². The summed E-state index contributed by atoms with van der Waals surface area (Å²) in [5.41, 5.74) is 1.20. The third kappa shape index (κ3) is 5.31. The molecule has 0 spiro atoms. The summed E-state index contributed by atoms with van der Waals surface area (Å²) in [4.78, 5) is 10.8. The number of aliphatic hydroxyl groups excluding tert-OH is 1. The highest BCUT2D eigenvalue weighted by Gasteiger charge is 2.10.